The highest BCUT2D eigenvalue weighted by atomic mass is 16.5. The Morgan fingerprint density at radius 2 is 2.12 bits per heavy atom. The van der Waals surface area contributed by atoms with Crippen molar-refractivity contribution in [1.82, 2.24) is 4.90 Å². The van der Waals surface area contributed by atoms with Gasteiger partial charge in [0.25, 0.3) is 0 Å². The summed E-state index contributed by atoms with van der Waals surface area (Å²) >= 11 is 0. The van der Waals surface area contributed by atoms with Crippen LogP contribution in [0.25, 0.3) is 0 Å². The summed E-state index contributed by atoms with van der Waals surface area (Å²) in [6.45, 7) is 3.00. The van der Waals surface area contributed by atoms with Crippen molar-refractivity contribution in [3.63, 3.8) is 0 Å². The molecule has 7 nitrogen and oxygen atoms in total. The second-order valence-electron chi connectivity index (χ2n) is 6.02. The highest BCUT2D eigenvalue weighted by Gasteiger charge is 2.29. The van der Waals surface area contributed by atoms with Crippen molar-refractivity contribution in [3.8, 4) is 0 Å². The number of amides is 2. The number of morpholine rings is 1. The molecular formula is C18H24N2O5. The number of aliphatic carboxylic acids is 1. The molecule has 0 saturated carbocycles. The molecule has 2 rings (SSSR count). The molecule has 1 heterocycles. The van der Waals surface area contributed by atoms with Crippen molar-refractivity contribution in [2.75, 3.05) is 25.1 Å². The summed E-state index contributed by atoms with van der Waals surface area (Å²) < 4.78 is 5.25. The van der Waals surface area contributed by atoms with Gasteiger partial charge in [-0.15, -0.1) is 0 Å². The molecular weight excluding hydrogens is 324 g/mol. The van der Waals surface area contributed by atoms with Gasteiger partial charge in [-0.2, -0.15) is 0 Å². The number of hydrogen-bond acceptors (Lipinski definition) is 4. The molecule has 136 valence electrons. The maximum atomic E-state index is 12.3. The molecule has 1 aromatic rings. The monoisotopic (exact) mass is 348 g/mol. The van der Waals surface area contributed by atoms with Gasteiger partial charge in [0.1, 0.15) is 0 Å². The van der Waals surface area contributed by atoms with Crippen LogP contribution in [0.2, 0.25) is 0 Å². The summed E-state index contributed by atoms with van der Waals surface area (Å²) in [4.78, 5) is 36.8. The van der Waals surface area contributed by atoms with Crippen LogP contribution in [-0.2, 0) is 25.5 Å². The lowest BCUT2D eigenvalue weighted by Crippen LogP contribution is -2.49. The molecule has 25 heavy (non-hydrogen) atoms. The van der Waals surface area contributed by atoms with E-state index in [1.54, 1.807) is 0 Å². The van der Waals surface area contributed by atoms with Gasteiger partial charge >= 0.3 is 5.97 Å². The molecule has 0 spiro atoms. The lowest BCUT2D eigenvalue weighted by molar-refractivity contribution is -0.146. The molecule has 0 aliphatic carbocycles. The number of carboxylic acids is 1. The summed E-state index contributed by atoms with van der Waals surface area (Å²) in [5.74, 6) is -1.42. The molecule has 0 bridgehead atoms. The quantitative estimate of drug-likeness (QED) is 0.781. The number of anilines is 1. The third-order valence-electron chi connectivity index (χ3n) is 4.14. The Morgan fingerprint density at radius 1 is 1.32 bits per heavy atom. The predicted molar refractivity (Wildman–Crippen MR) is 92.3 cm³/mol. The fourth-order valence-electron chi connectivity index (χ4n) is 2.81. The topological polar surface area (TPSA) is 95.9 Å². The average molecular weight is 348 g/mol. The van der Waals surface area contributed by atoms with Gasteiger partial charge in [0.15, 0.2) is 0 Å². The number of aryl methyl sites for hydroxylation is 1. The first kappa shape index (κ1) is 18.9. The zero-order chi connectivity index (χ0) is 18.2. The van der Waals surface area contributed by atoms with E-state index in [1.807, 2.05) is 31.2 Å². The highest BCUT2D eigenvalue weighted by Crippen LogP contribution is 2.15. The normalized spacial score (nSPS) is 17.2. The number of carboxylic acid groups (broad SMARTS) is 1. The summed E-state index contributed by atoms with van der Waals surface area (Å²) in [7, 11) is 0. The van der Waals surface area contributed by atoms with E-state index < -0.39 is 12.0 Å². The van der Waals surface area contributed by atoms with Crippen LogP contribution in [0.1, 0.15) is 31.7 Å². The Bertz CT molecular complexity index is 632. The Labute approximate surface area is 147 Å². The first-order chi connectivity index (χ1) is 12.0. The fourth-order valence-corrected chi connectivity index (χ4v) is 2.81. The number of benzene rings is 1. The number of ether oxygens (including phenoxy) is 1. The van der Waals surface area contributed by atoms with Crippen LogP contribution in [0.4, 0.5) is 5.69 Å². The molecule has 1 aliphatic heterocycles. The van der Waals surface area contributed by atoms with Gasteiger partial charge in [0.2, 0.25) is 11.8 Å². The van der Waals surface area contributed by atoms with Crippen LogP contribution in [-0.4, -0.2) is 53.6 Å². The van der Waals surface area contributed by atoms with Crippen molar-refractivity contribution in [1.29, 1.82) is 0 Å². The summed E-state index contributed by atoms with van der Waals surface area (Å²) in [6.07, 6.45) is 0.841. The fraction of sp³-hybridized carbons (Fsp3) is 0.500. The number of nitrogens with zero attached hydrogens (tertiary/aromatic N) is 1. The third kappa shape index (κ3) is 5.86. The van der Waals surface area contributed by atoms with Gasteiger partial charge < -0.3 is 20.1 Å². The van der Waals surface area contributed by atoms with E-state index >= 15 is 0 Å². The summed E-state index contributed by atoms with van der Waals surface area (Å²) in [6, 6.07) is 7.11. The van der Waals surface area contributed by atoms with E-state index in [0.717, 1.165) is 12.0 Å². The third-order valence-corrected chi connectivity index (χ3v) is 4.14. The number of carbonyl (C=O) groups is 3. The molecule has 2 N–H and O–H groups in total. The van der Waals surface area contributed by atoms with Gasteiger partial charge in [-0.05, 0) is 24.1 Å². The molecule has 7 heteroatoms. The lowest BCUT2D eigenvalue weighted by atomic mass is 10.1. The van der Waals surface area contributed by atoms with E-state index in [4.69, 9.17) is 9.84 Å². The minimum atomic E-state index is -0.971. The second-order valence-corrected chi connectivity index (χ2v) is 6.02. The summed E-state index contributed by atoms with van der Waals surface area (Å²) in [5, 5.41) is 11.7. The molecule has 1 aliphatic rings. The Morgan fingerprint density at radius 3 is 2.84 bits per heavy atom. The Balaban J connectivity index is 1.85. The largest absolute Gasteiger partial charge is 0.481 e. The lowest BCUT2D eigenvalue weighted by Gasteiger charge is -2.34. The minimum Gasteiger partial charge on any atom is -0.481 e. The number of hydrogen-bond donors (Lipinski definition) is 2. The van der Waals surface area contributed by atoms with E-state index in [2.05, 4.69) is 5.32 Å². The number of nitrogens with one attached hydrogen (secondary N) is 1. The van der Waals surface area contributed by atoms with Crippen LogP contribution in [0.15, 0.2) is 24.3 Å². The molecule has 1 aromatic carbocycles. The van der Waals surface area contributed by atoms with Crippen LogP contribution >= 0.6 is 0 Å². The zero-order valence-corrected chi connectivity index (χ0v) is 14.4. The number of carbonyl (C=O) groups excluding carboxylic acids is 2. The van der Waals surface area contributed by atoms with Crippen molar-refractivity contribution >= 4 is 23.5 Å². The van der Waals surface area contributed by atoms with E-state index in [0.29, 0.717) is 18.8 Å². The van der Waals surface area contributed by atoms with Crippen molar-refractivity contribution in [2.24, 2.45) is 0 Å². The summed E-state index contributed by atoms with van der Waals surface area (Å²) in [5.41, 5.74) is 1.84. The van der Waals surface area contributed by atoms with Gasteiger partial charge in [0.05, 0.1) is 25.7 Å². The van der Waals surface area contributed by atoms with E-state index in [1.165, 1.54) is 4.90 Å². The first-order valence-corrected chi connectivity index (χ1v) is 8.47. The Hall–Kier alpha value is -2.41. The van der Waals surface area contributed by atoms with Gasteiger partial charge in [-0.25, -0.2) is 0 Å². The van der Waals surface area contributed by atoms with Crippen LogP contribution < -0.4 is 5.32 Å². The standard InChI is InChI=1S/C18H24N2O5/c1-2-13-4-3-5-14(10-13)19-16(21)6-7-17(22)20-8-9-25-12-15(20)11-18(23)24/h3-5,10,15H,2,6-9,11-12H2,1H3,(H,19,21)(H,23,24). The molecule has 1 atom stereocenters. The molecule has 1 unspecified atom stereocenters. The highest BCUT2D eigenvalue weighted by molar-refractivity contribution is 5.93. The van der Waals surface area contributed by atoms with Crippen molar-refractivity contribution in [3.05, 3.63) is 29.8 Å². The zero-order valence-electron chi connectivity index (χ0n) is 14.4. The van der Waals surface area contributed by atoms with E-state index in [-0.39, 0.29) is 37.7 Å². The average Bonchev–Trinajstić information content (AvgIpc) is 2.60. The predicted octanol–water partition coefficient (Wildman–Crippen LogP) is 1.67. The Kier molecular flexibility index (Phi) is 6.94. The second kappa shape index (κ2) is 9.17. The molecule has 0 radical (unpaired) electrons. The van der Waals surface area contributed by atoms with Crippen molar-refractivity contribution < 1.29 is 24.2 Å². The van der Waals surface area contributed by atoms with Gasteiger partial charge in [0, 0.05) is 25.1 Å². The molecule has 2 amide bonds. The molecule has 0 aromatic heterocycles. The van der Waals surface area contributed by atoms with Crippen LogP contribution in [0.3, 0.4) is 0 Å². The molecule has 1 saturated heterocycles. The van der Waals surface area contributed by atoms with Crippen LogP contribution in [0.5, 0.6) is 0 Å². The van der Waals surface area contributed by atoms with Gasteiger partial charge in [-0.3, -0.25) is 14.4 Å². The van der Waals surface area contributed by atoms with Gasteiger partial charge in [-0.1, -0.05) is 19.1 Å². The minimum absolute atomic E-state index is 0.0510. The SMILES string of the molecule is CCc1cccc(NC(=O)CCC(=O)N2CCOCC2CC(=O)O)c1. The maximum Gasteiger partial charge on any atom is 0.305 e. The smallest absolute Gasteiger partial charge is 0.305 e. The number of rotatable bonds is 7. The van der Waals surface area contributed by atoms with Crippen LogP contribution in [0, 0.1) is 0 Å². The van der Waals surface area contributed by atoms with Crippen molar-refractivity contribution in [2.45, 2.75) is 38.6 Å². The first-order valence-electron chi connectivity index (χ1n) is 8.47. The van der Waals surface area contributed by atoms with E-state index in [9.17, 15) is 14.4 Å². The molecule has 1 fully saturated rings. The maximum absolute atomic E-state index is 12.3.